The number of aromatic nitrogens is 1. The molecule has 0 amide bonds. The Kier molecular flexibility index (Phi) is 5.18. The number of nitrogens with zero attached hydrogens (tertiary/aromatic N) is 1. The average Bonchev–Trinajstić information content (AvgIpc) is 2.33. The predicted octanol–water partition coefficient (Wildman–Crippen LogP) is 4.69. The molecule has 1 aromatic heterocycles. The summed E-state index contributed by atoms with van der Waals surface area (Å²) < 4.78 is 2.03. The van der Waals surface area contributed by atoms with Crippen LogP contribution in [-0.2, 0) is 0 Å². The third kappa shape index (κ3) is 3.86. The normalized spacial score (nSPS) is 24.6. The van der Waals surface area contributed by atoms with Crippen LogP contribution in [0.2, 0.25) is 0 Å². The van der Waals surface area contributed by atoms with Gasteiger partial charge in [-0.3, -0.25) is 0 Å². The highest BCUT2D eigenvalue weighted by Crippen LogP contribution is 2.30. The van der Waals surface area contributed by atoms with Gasteiger partial charge in [0.2, 0.25) is 0 Å². The molecule has 1 fully saturated rings. The van der Waals surface area contributed by atoms with Gasteiger partial charge in [-0.15, -0.1) is 0 Å². The van der Waals surface area contributed by atoms with Crippen LogP contribution in [0.1, 0.15) is 25.7 Å². The summed E-state index contributed by atoms with van der Waals surface area (Å²) in [6.07, 6.45) is 9.21. The Morgan fingerprint density at radius 3 is 2.94 bits per heavy atom. The molecule has 0 aliphatic heterocycles. The maximum atomic E-state index is 4.41. The van der Waals surface area contributed by atoms with Crippen molar-refractivity contribution in [1.82, 2.24) is 4.98 Å². The molecule has 2 atom stereocenters. The number of hydrogen-bond acceptors (Lipinski definition) is 3. The number of anilines is 1. The zero-order valence-corrected chi connectivity index (χ0v) is 13.7. The van der Waals surface area contributed by atoms with Crippen LogP contribution in [0.5, 0.6) is 0 Å². The van der Waals surface area contributed by atoms with Crippen molar-refractivity contribution in [3.05, 3.63) is 21.2 Å². The molecule has 2 nitrogen and oxygen atoms in total. The molecule has 2 unspecified atom stereocenters. The molecule has 1 N–H and O–H groups in total. The van der Waals surface area contributed by atoms with E-state index in [2.05, 4.69) is 48.4 Å². The molecule has 5 heteroatoms. The molecule has 0 radical (unpaired) electrons. The molecule has 1 saturated carbocycles. The standard InChI is InChI=1S/C12H16Br2N2S/c1-17-10-4-2-3-9(6-10)16-12-11(14)5-8(13)7-15-12/h5,7,9-10H,2-4,6H2,1H3,(H,15,16). The van der Waals surface area contributed by atoms with Crippen LogP contribution in [0.15, 0.2) is 21.2 Å². The minimum atomic E-state index is 0.561. The van der Waals surface area contributed by atoms with Crippen LogP contribution in [0.4, 0.5) is 5.82 Å². The third-order valence-corrected chi connectivity index (χ3v) is 5.24. The van der Waals surface area contributed by atoms with Gasteiger partial charge >= 0.3 is 0 Å². The number of hydrogen-bond donors (Lipinski definition) is 1. The van der Waals surface area contributed by atoms with Gasteiger partial charge in [0, 0.05) is 22.0 Å². The summed E-state index contributed by atoms with van der Waals surface area (Å²) in [4.78, 5) is 4.41. The molecule has 17 heavy (non-hydrogen) atoms. The van der Waals surface area contributed by atoms with Gasteiger partial charge in [0.15, 0.2) is 0 Å². The first-order valence-corrected chi connectivity index (χ1v) is 8.67. The Bertz CT molecular complexity index is 387. The number of halogens is 2. The van der Waals surface area contributed by atoms with Crippen LogP contribution >= 0.6 is 43.6 Å². The van der Waals surface area contributed by atoms with E-state index in [0.29, 0.717) is 6.04 Å². The van der Waals surface area contributed by atoms with Crippen LogP contribution in [-0.4, -0.2) is 22.5 Å². The number of pyridine rings is 1. The molecule has 0 saturated heterocycles. The lowest BCUT2D eigenvalue weighted by atomic mass is 9.95. The Morgan fingerprint density at radius 1 is 1.41 bits per heavy atom. The first-order chi connectivity index (χ1) is 8.19. The van der Waals surface area contributed by atoms with E-state index >= 15 is 0 Å². The monoisotopic (exact) mass is 378 g/mol. The average molecular weight is 380 g/mol. The number of thioether (sulfide) groups is 1. The smallest absolute Gasteiger partial charge is 0.140 e. The van der Waals surface area contributed by atoms with E-state index in [0.717, 1.165) is 20.0 Å². The molecule has 1 aromatic rings. The van der Waals surface area contributed by atoms with Crippen molar-refractivity contribution < 1.29 is 0 Å². The van der Waals surface area contributed by atoms with E-state index in [9.17, 15) is 0 Å². The largest absolute Gasteiger partial charge is 0.366 e. The minimum Gasteiger partial charge on any atom is -0.366 e. The number of rotatable bonds is 3. The Labute approximate surface area is 124 Å². The molecule has 1 aliphatic rings. The van der Waals surface area contributed by atoms with Gasteiger partial charge in [-0.25, -0.2) is 4.98 Å². The van der Waals surface area contributed by atoms with E-state index in [1.165, 1.54) is 25.7 Å². The fourth-order valence-electron chi connectivity index (χ4n) is 2.20. The van der Waals surface area contributed by atoms with E-state index < -0.39 is 0 Å². The van der Waals surface area contributed by atoms with Crippen molar-refractivity contribution in [2.45, 2.75) is 37.0 Å². The molecular weight excluding hydrogens is 364 g/mol. The zero-order valence-electron chi connectivity index (χ0n) is 9.75. The molecule has 0 bridgehead atoms. The van der Waals surface area contributed by atoms with Gasteiger partial charge in [0.1, 0.15) is 5.82 Å². The van der Waals surface area contributed by atoms with Gasteiger partial charge in [-0.1, -0.05) is 6.42 Å². The van der Waals surface area contributed by atoms with Gasteiger partial charge < -0.3 is 5.32 Å². The van der Waals surface area contributed by atoms with E-state index in [1.807, 2.05) is 24.0 Å². The first-order valence-electron chi connectivity index (χ1n) is 5.79. The highest BCUT2D eigenvalue weighted by molar-refractivity contribution is 9.11. The second-order valence-corrected chi connectivity index (χ2v) is 7.26. The van der Waals surface area contributed by atoms with Crippen LogP contribution in [0.25, 0.3) is 0 Å². The van der Waals surface area contributed by atoms with Gasteiger partial charge in [-0.2, -0.15) is 11.8 Å². The molecule has 2 rings (SSSR count). The molecular formula is C12H16Br2N2S. The molecule has 1 heterocycles. The molecule has 0 spiro atoms. The Hall–Kier alpha value is 0.260. The molecule has 94 valence electrons. The van der Waals surface area contributed by atoms with Crippen molar-refractivity contribution >= 4 is 49.4 Å². The summed E-state index contributed by atoms with van der Waals surface area (Å²) in [6.45, 7) is 0. The Balaban J connectivity index is 2.00. The van der Waals surface area contributed by atoms with Gasteiger partial charge in [0.05, 0.1) is 4.47 Å². The fourth-order valence-corrected chi connectivity index (χ4v) is 4.13. The second kappa shape index (κ2) is 6.43. The lowest BCUT2D eigenvalue weighted by Crippen LogP contribution is -2.29. The maximum absolute atomic E-state index is 4.41. The maximum Gasteiger partial charge on any atom is 0.140 e. The van der Waals surface area contributed by atoms with Crippen LogP contribution in [0, 0.1) is 0 Å². The zero-order chi connectivity index (χ0) is 12.3. The first kappa shape index (κ1) is 13.7. The van der Waals surface area contributed by atoms with Crippen molar-refractivity contribution in [3.8, 4) is 0 Å². The summed E-state index contributed by atoms with van der Waals surface area (Å²) in [5.41, 5.74) is 0. The Morgan fingerprint density at radius 2 is 2.24 bits per heavy atom. The quantitative estimate of drug-likeness (QED) is 0.824. The van der Waals surface area contributed by atoms with Gasteiger partial charge in [-0.05, 0) is 63.4 Å². The van der Waals surface area contributed by atoms with E-state index in [-0.39, 0.29) is 0 Å². The summed E-state index contributed by atoms with van der Waals surface area (Å²) in [5.74, 6) is 0.958. The topological polar surface area (TPSA) is 24.9 Å². The van der Waals surface area contributed by atoms with Crippen molar-refractivity contribution in [2.24, 2.45) is 0 Å². The summed E-state index contributed by atoms with van der Waals surface area (Å²) >= 11 is 8.95. The van der Waals surface area contributed by atoms with E-state index in [4.69, 9.17) is 0 Å². The van der Waals surface area contributed by atoms with Gasteiger partial charge in [0.25, 0.3) is 0 Å². The fraction of sp³-hybridized carbons (Fsp3) is 0.583. The second-order valence-electron chi connectivity index (χ2n) is 4.35. The minimum absolute atomic E-state index is 0.561. The predicted molar refractivity (Wildman–Crippen MR) is 82.8 cm³/mol. The van der Waals surface area contributed by atoms with Crippen LogP contribution < -0.4 is 5.32 Å². The molecule has 1 aliphatic carbocycles. The van der Waals surface area contributed by atoms with Crippen LogP contribution in [0.3, 0.4) is 0 Å². The SMILES string of the molecule is CSC1CCCC(Nc2ncc(Br)cc2Br)C1. The summed E-state index contributed by atoms with van der Waals surface area (Å²) in [7, 11) is 0. The third-order valence-electron chi connectivity index (χ3n) is 3.11. The summed E-state index contributed by atoms with van der Waals surface area (Å²) in [6, 6.07) is 2.59. The highest BCUT2D eigenvalue weighted by atomic mass is 79.9. The lowest BCUT2D eigenvalue weighted by Gasteiger charge is -2.29. The summed E-state index contributed by atoms with van der Waals surface area (Å²) in [5, 5.41) is 4.35. The van der Waals surface area contributed by atoms with Crippen molar-refractivity contribution in [2.75, 3.05) is 11.6 Å². The van der Waals surface area contributed by atoms with Crippen molar-refractivity contribution in [1.29, 1.82) is 0 Å². The van der Waals surface area contributed by atoms with E-state index in [1.54, 1.807) is 0 Å². The lowest BCUT2D eigenvalue weighted by molar-refractivity contribution is 0.472. The van der Waals surface area contributed by atoms with Crippen molar-refractivity contribution in [3.63, 3.8) is 0 Å². The number of nitrogens with one attached hydrogen (secondary N) is 1. The highest BCUT2D eigenvalue weighted by Gasteiger charge is 2.21. The molecule has 0 aromatic carbocycles.